The van der Waals surface area contributed by atoms with Gasteiger partial charge in [0.1, 0.15) is 5.78 Å². The van der Waals surface area contributed by atoms with Crippen LogP contribution in [0, 0.1) is 5.92 Å². The molecule has 6 heteroatoms. The Morgan fingerprint density at radius 2 is 1.74 bits per heavy atom. The Balaban J connectivity index is 2.06. The van der Waals surface area contributed by atoms with Crippen molar-refractivity contribution in [1.82, 2.24) is 0 Å². The van der Waals surface area contributed by atoms with Crippen LogP contribution >= 0.6 is 0 Å². The Hall–Kier alpha value is -1.40. The molecule has 2 N–H and O–H groups in total. The van der Waals surface area contributed by atoms with Gasteiger partial charge in [-0.2, -0.15) is 0 Å². The molecule has 1 aromatic carbocycles. The Bertz CT molecular complexity index is 558. The molecule has 0 spiro atoms. The van der Waals surface area contributed by atoms with Gasteiger partial charge in [0, 0.05) is 24.7 Å². The van der Waals surface area contributed by atoms with Crippen LogP contribution < -0.4 is 10.0 Å². The number of nitrogens with two attached hydrogens (primary N) is 1. The number of sulfonamides is 1. The van der Waals surface area contributed by atoms with E-state index in [9.17, 15) is 13.2 Å². The van der Waals surface area contributed by atoms with Gasteiger partial charge in [0.25, 0.3) is 0 Å². The molecule has 19 heavy (non-hydrogen) atoms. The molecule has 1 heterocycles. The van der Waals surface area contributed by atoms with E-state index in [1.54, 1.807) is 19.1 Å². The second-order valence-electron chi connectivity index (χ2n) is 4.91. The SMILES string of the molecule is CC(=O)C1CCN(c2ccc(S(N)(=O)=O)cc2)CC1. The van der Waals surface area contributed by atoms with Gasteiger partial charge < -0.3 is 4.90 Å². The van der Waals surface area contributed by atoms with E-state index < -0.39 is 10.0 Å². The molecule has 0 aliphatic carbocycles. The Morgan fingerprint density at radius 1 is 1.21 bits per heavy atom. The van der Waals surface area contributed by atoms with Gasteiger partial charge in [0.15, 0.2) is 0 Å². The predicted octanol–water partition coefficient (Wildman–Crippen LogP) is 1.14. The number of hydrogen-bond donors (Lipinski definition) is 1. The van der Waals surface area contributed by atoms with Gasteiger partial charge in [-0.1, -0.05) is 0 Å². The summed E-state index contributed by atoms with van der Waals surface area (Å²) in [6.45, 7) is 3.28. The van der Waals surface area contributed by atoms with Gasteiger partial charge in [0.2, 0.25) is 10.0 Å². The zero-order valence-electron chi connectivity index (χ0n) is 10.9. The van der Waals surface area contributed by atoms with Gasteiger partial charge >= 0.3 is 0 Å². The van der Waals surface area contributed by atoms with E-state index in [4.69, 9.17) is 5.14 Å². The highest BCUT2D eigenvalue weighted by molar-refractivity contribution is 7.89. The van der Waals surface area contributed by atoms with E-state index in [0.29, 0.717) is 0 Å². The van der Waals surface area contributed by atoms with Crippen molar-refractivity contribution in [2.75, 3.05) is 18.0 Å². The number of anilines is 1. The Labute approximate surface area is 113 Å². The van der Waals surface area contributed by atoms with Crippen LogP contribution in [0.4, 0.5) is 5.69 Å². The van der Waals surface area contributed by atoms with Crippen LogP contribution in [0.5, 0.6) is 0 Å². The first-order chi connectivity index (χ1) is 8.88. The van der Waals surface area contributed by atoms with Crippen LogP contribution in [0.25, 0.3) is 0 Å². The molecular weight excluding hydrogens is 264 g/mol. The molecule has 104 valence electrons. The maximum atomic E-state index is 11.3. The second-order valence-corrected chi connectivity index (χ2v) is 6.47. The molecule has 0 atom stereocenters. The van der Waals surface area contributed by atoms with Gasteiger partial charge in [-0.15, -0.1) is 0 Å². The van der Waals surface area contributed by atoms with Crippen LogP contribution in [0.15, 0.2) is 29.2 Å². The number of primary sulfonamides is 1. The van der Waals surface area contributed by atoms with Crippen molar-refractivity contribution in [3.63, 3.8) is 0 Å². The van der Waals surface area contributed by atoms with Crippen molar-refractivity contribution in [1.29, 1.82) is 0 Å². The zero-order chi connectivity index (χ0) is 14.0. The molecule has 1 aliphatic rings. The summed E-state index contributed by atoms with van der Waals surface area (Å²) in [6, 6.07) is 6.55. The third-order valence-electron chi connectivity index (χ3n) is 3.60. The fourth-order valence-corrected chi connectivity index (χ4v) is 2.91. The number of rotatable bonds is 3. The molecule has 0 aromatic heterocycles. The fraction of sp³-hybridized carbons (Fsp3) is 0.462. The molecule has 1 fully saturated rings. The average molecular weight is 282 g/mol. The van der Waals surface area contributed by atoms with Crippen molar-refractivity contribution in [3.8, 4) is 0 Å². The van der Waals surface area contributed by atoms with Crippen LogP contribution in [0.1, 0.15) is 19.8 Å². The lowest BCUT2D eigenvalue weighted by Crippen LogP contribution is -2.35. The molecule has 0 bridgehead atoms. The predicted molar refractivity (Wildman–Crippen MR) is 73.4 cm³/mol. The van der Waals surface area contributed by atoms with E-state index in [2.05, 4.69) is 4.90 Å². The Morgan fingerprint density at radius 3 is 2.16 bits per heavy atom. The fourth-order valence-electron chi connectivity index (χ4n) is 2.39. The number of Topliss-reactive ketones (excluding diaryl/α,β-unsaturated/α-hetero) is 1. The number of piperidine rings is 1. The minimum atomic E-state index is -3.63. The topological polar surface area (TPSA) is 80.5 Å². The summed E-state index contributed by atoms with van der Waals surface area (Å²) in [5.74, 6) is 0.421. The van der Waals surface area contributed by atoms with Crippen molar-refractivity contribution >= 4 is 21.5 Å². The Kier molecular flexibility index (Phi) is 3.91. The summed E-state index contributed by atoms with van der Waals surface area (Å²) in [5.41, 5.74) is 0.967. The minimum Gasteiger partial charge on any atom is -0.371 e. The highest BCUT2D eigenvalue weighted by atomic mass is 32.2. The van der Waals surface area contributed by atoms with Gasteiger partial charge in [-0.3, -0.25) is 4.79 Å². The molecule has 1 aromatic rings. The highest BCUT2D eigenvalue weighted by Gasteiger charge is 2.22. The van der Waals surface area contributed by atoms with Gasteiger partial charge in [0.05, 0.1) is 4.90 Å². The van der Waals surface area contributed by atoms with E-state index in [-0.39, 0.29) is 16.6 Å². The van der Waals surface area contributed by atoms with Crippen LogP contribution in [0.3, 0.4) is 0 Å². The quantitative estimate of drug-likeness (QED) is 0.901. The number of benzene rings is 1. The van der Waals surface area contributed by atoms with Crippen molar-refractivity contribution < 1.29 is 13.2 Å². The van der Waals surface area contributed by atoms with E-state index in [1.165, 1.54) is 12.1 Å². The largest absolute Gasteiger partial charge is 0.371 e. The average Bonchev–Trinajstić information content (AvgIpc) is 2.38. The molecule has 0 amide bonds. The molecule has 0 unspecified atom stereocenters. The molecule has 0 radical (unpaired) electrons. The monoisotopic (exact) mass is 282 g/mol. The summed E-state index contributed by atoms with van der Waals surface area (Å²) in [4.78, 5) is 13.6. The standard InChI is InChI=1S/C13H18N2O3S/c1-10(16)11-6-8-15(9-7-11)12-2-4-13(5-3-12)19(14,17)18/h2-5,11H,6-9H2,1H3,(H2,14,17,18). The second kappa shape index (κ2) is 5.30. The lowest BCUT2D eigenvalue weighted by atomic mass is 9.93. The van der Waals surface area contributed by atoms with Crippen LogP contribution in [0.2, 0.25) is 0 Å². The summed E-state index contributed by atoms with van der Waals surface area (Å²) in [5, 5.41) is 5.06. The van der Waals surface area contributed by atoms with Crippen LogP contribution in [-0.2, 0) is 14.8 Å². The van der Waals surface area contributed by atoms with Crippen molar-refractivity contribution in [3.05, 3.63) is 24.3 Å². The molecule has 5 nitrogen and oxygen atoms in total. The van der Waals surface area contributed by atoms with Gasteiger partial charge in [-0.05, 0) is 44.0 Å². The number of carbonyl (C=O) groups excluding carboxylic acids is 1. The first-order valence-corrected chi connectivity index (χ1v) is 7.81. The first kappa shape index (κ1) is 14.0. The third-order valence-corrected chi connectivity index (χ3v) is 4.53. The van der Waals surface area contributed by atoms with E-state index in [0.717, 1.165) is 31.6 Å². The molecule has 1 aliphatic heterocycles. The van der Waals surface area contributed by atoms with Crippen molar-refractivity contribution in [2.24, 2.45) is 11.1 Å². The molecule has 1 saturated heterocycles. The summed E-state index contributed by atoms with van der Waals surface area (Å²) >= 11 is 0. The lowest BCUT2D eigenvalue weighted by molar-refractivity contribution is -0.121. The minimum absolute atomic E-state index is 0.120. The van der Waals surface area contributed by atoms with Crippen molar-refractivity contribution in [2.45, 2.75) is 24.7 Å². The normalized spacial score (nSPS) is 17.5. The highest BCUT2D eigenvalue weighted by Crippen LogP contribution is 2.24. The third kappa shape index (κ3) is 3.33. The first-order valence-electron chi connectivity index (χ1n) is 6.26. The molecular formula is C13H18N2O3S. The zero-order valence-corrected chi connectivity index (χ0v) is 11.7. The number of nitrogens with zero attached hydrogens (tertiary/aromatic N) is 1. The summed E-state index contributed by atoms with van der Waals surface area (Å²) in [6.07, 6.45) is 1.71. The maximum absolute atomic E-state index is 11.3. The lowest BCUT2D eigenvalue weighted by Gasteiger charge is -2.32. The molecule has 0 saturated carbocycles. The van der Waals surface area contributed by atoms with E-state index >= 15 is 0 Å². The van der Waals surface area contributed by atoms with Crippen LogP contribution in [-0.4, -0.2) is 27.3 Å². The van der Waals surface area contributed by atoms with E-state index in [1.807, 2.05) is 0 Å². The maximum Gasteiger partial charge on any atom is 0.238 e. The summed E-state index contributed by atoms with van der Waals surface area (Å²) in [7, 11) is -3.63. The number of carbonyl (C=O) groups is 1. The van der Waals surface area contributed by atoms with Gasteiger partial charge in [-0.25, -0.2) is 13.6 Å². The molecule has 2 rings (SSSR count). The summed E-state index contributed by atoms with van der Waals surface area (Å²) < 4.78 is 22.3. The number of hydrogen-bond acceptors (Lipinski definition) is 4. The number of ketones is 1. The smallest absolute Gasteiger partial charge is 0.238 e.